The first-order valence-corrected chi connectivity index (χ1v) is 10.9. The summed E-state index contributed by atoms with van der Waals surface area (Å²) in [4.78, 5) is 13.7. The molecule has 0 spiro atoms. The second kappa shape index (κ2) is 8.06. The van der Waals surface area contributed by atoms with Crippen LogP contribution < -0.4 is 4.74 Å². The van der Waals surface area contributed by atoms with Gasteiger partial charge in [-0.15, -0.1) is 11.3 Å². The zero-order chi connectivity index (χ0) is 19.4. The Bertz CT molecular complexity index is 1000. The van der Waals surface area contributed by atoms with Crippen LogP contribution in [0, 0.1) is 6.92 Å². The Hall–Kier alpha value is -2.44. The van der Waals surface area contributed by atoms with Crippen molar-refractivity contribution < 1.29 is 17.9 Å². The zero-order valence-corrected chi connectivity index (χ0v) is 16.7. The average Bonchev–Trinajstić information content (AvgIpc) is 3.20. The molecule has 0 aliphatic heterocycles. The number of sulfone groups is 1. The van der Waals surface area contributed by atoms with Crippen LogP contribution in [0.15, 0.2) is 70.9 Å². The van der Waals surface area contributed by atoms with Gasteiger partial charge in [0.2, 0.25) is 0 Å². The number of Topliss-reactive ketones (excluding diaryl/α,β-unsaturated/α-hetero) is 1. The van der Waals surface area contributed by atoms with Crippen molar-refractivity contribution in [2.75, 3.05) is 7.11 Å². The summed E-state index contributed by atoms with van der Waals surface area (Å²) < 4.78 is 31.6. The van der Waals surface area contributed by atoms with Crippen LogP contribution in [0.3, 0.4) is 0 Å². The molecular formula is C21H20O4S2. The second-order valence-electron chi connectivity index (χ2n) is 6.22. The summed E-state index contributed by atoms with van der Waals surface area (Å²) in [7, 11) is -2.14. The zero-order valence-electron chi connectivity index (χ0n) is 15.1. The highest BCUT2D eigenvalue weighted by Gasteiger charge is 2.32. The number of rotatable bonds is 7. The molecule has 1 heterocycles. The van der Waals surface area contributed by atoms with Crippen molar-refractivity contribution in [2.45, 2.75) is 23.5 Å². The maximum Gasteiger partial charge on any atom is 0.186 e. The van der Waals surface area contributed by atoms with Gasteiger partial charge in [0.25, 0.3) is 0 Å². The molecule has 1 atom stereocenters. The van der Waals surface area contributed by atoms with E-state index < -0.39 is 15.1 Å². The molecule has 0 aliphatic carbocycles. The summed E-state index contributed by atoms with van der Waals surface area (Å²) in [5.74, 6) is 0.431. The monoisotopic (exact) mass is 400 g/mol. The average molecular weight is 401 g/mol. The van der Waals surface area contributed by atoms with Crippen LogP contribution in [0.4, 0.5) is 0 Å². The summed E-state index contributed by atoms with van der Waals surface area (Å²) in [5, 5.41) is 0.917. The van der Waals surface area contributed by atoms with Crippen LogP contribution in [0.2, 0.25) is 0 Å². The molecule has 0 saturated heterocycles. The Morgan fingerprint density at radius 2 is 1.70 bits per heavy atom. The van der Waals surface area contributed by atoms with Gasteiger partial charge in [0.1, 0.15) is 11.0 Å². The van der Waals surface area contributed by atoms with E-state index in [4.69, 9.17) is 4.74 Å². The Balaban J connectivity index is 1.94. The quantitative estimate of drug-likeness (QED) is 0.532. The minimum absolute atomic E-state index is 0.108. The Kier molecular flexibility index (Phi) is 5.77. The molecule has 3 rings (SSSR count). The predicted molar refractivity (Wildman–Crippen MR) is 107 cm³/mol. The van der Waals surface area contributed by atoms with Gasteiger partial charge in [0.15, 0.2) is 15.6 Å². The van der Waals surface area contributed by atoms with E-state index in [2.05, 4.69) is 0 Å². The third-order valence-corrected chi connectivity index (χ3v) is 7.60. The third-order valence-electron chi connectivity index (χ3n) is 4.37. The minimum atomic E-state index is -3.69. The smallest absolute Gasteiger partial charge is 0.186 e. The van der Waals surface area contributed by atoms with Crippen LogP contribution in [-0.2, 0) is 9.84 Å². The van der Waals surface area contributed by atoms with Crippen LogP contribution in [0.1, 0.15) is 32.5 Å². The highest BCUT2D eigenvalue weighted by molar-refractivity contribution is 7.91. The number of hydrogen-bond donors (Lipinski definition) is 0. The van der Waals surface area contributed by atoms with E-state index >= 15 is 0 Å². The van der Waals surface area contributed by atoms with Gasteiger partial charge in [0.05, 0.1) is 12.0 Å². The second-order valence-corrected chi connectivity index (χ2v) is 9.33. The molecule has 0 saturated carbocycles. The lowest BCUT2D eigenvalue weighted by atomic mass is 10.1. The summed E-state index contributed by atoms with van der Waals surface area (Å²) >= 11 is 1.35. The molecule has 0 N–H and O–H groups in total. The summed E-state index contributed by atoms with van der Waals surface area (Å²) in [6.45, 7) is 1.90. The van der Waals surface area contributed by atoms with Crippen molar-refractivity contribution in [2.24, 2.45) is 0 Å². The first-order valence-electron chi connectivity index (χ1n) is 8.43. The maximum absolute atomic E-state index is 13.2. The van der Waals surface area contributed by atoms with E-state index in [1.54, 1.807) is 67.8 Å². The van der Waals surface area contributed by atoms with E-state index in [-0.39, 0.29) is 17.1 Å². The number of carbonyl (C=O) groups is 1. The fourth-order valence-electron chi connectivity index (χ4n) is 2.79. The normalized spacial score (nSPS) is 12.5. The Morgan fingerprint density at radius 3 is 2.26 bits per heavy atom. The molecule has 6 heteroatoms. The largest absolute Gasteiger partial charge is 0.497 e. The summed E-state index contributed by atoms with van der Waals surface area (Å²) in [6, 6.07) is 17.0. The van der Waals surface area contributed by atoms with Crippen molar-refractivity contribution in [3.8, 4) is 5.75 Å². The van der Waals surface area contributed by atoms with Crippen LogP contribution in [-0.4, -0.2) is 21.3 Å². The number of ether oxygens (including phenoxy) is 1. The molecule has 4 nitrogen and oxygen atoms in total. The molecule has 0 radical (unpaired) electrons. The van der Waals surface area contributed by atoms with Gasteiger partial charge < -0.3 is 4.74 Å². The topological polar surface area (TPSA) is 60.4 Å². The fourth-order valence-corrected chi connectivity index (χ4v) is 5.65. The third kappa shape index (κ3) is 4.28. The lowest BCUT2D eigenvalue weighted by molar-refractivity contribution is 0.0981. The molecule has 0 unspecified atom stereocenters. The number of benzene rings is 2. The molecule has 0 amide bonds. The van der Waals surface area contributed by atoms with E-state index in [9.17, 15) is 13.2 Å². The van der Waals surface area contributed by atoms with Crippen molar-refractivity contribution >= 4 is 27.0 Å². The summed E-state index contributed by atoms with van der Waals surface area (Å²) in [6.07, 6.45) is -0.108. The number of ketones is 1. The van der Waals surface area contributed by atoms with Crippen LogP contribution in [0.25, 0.3) is 0 Å². The number of methoxy groups -OCH3 is 1. The molecule has 3 aromatic rings. The number of carbonyl (C=O) groups excluding carboxylic acids is 1. The SMILES string of the molecule is COc1ccc(C(=O)C[C@H](c2cccs2)S(=O)(=O)c2ccc(C)cc2)cc1. The van der Waals surface area contributed by atoms with Gasteiger partial charge in [-0.05, 0) is 54.8 Å². The summed E-state index contributed by atoms with van der Waals surface area (Å²) in [5.41, 5.74) is 1.45. The van der Waals surface area contributed by atoms with Gasteiger partial charge in [-0.1, -0.05) is 23.8 Å². The van der Waals surface area contributed by atoms with Gasteiger partial charge in [-0.25, -0.2) is 8.42 Å². The van der Waals surface area contributed by atoms with E-state index in [1.165, 1.54) is 11.3 Å². The molecule has 0 bridgehead atoms. The highest BCUT2D eigenvalue weighted by atomic mass is 32.2. The van der Waals surface area contributed by atoms with Crippen LogP contribution >= 0.6 is 11.3 Å². The van der Waals surface area contributed by atoms with Gasteiger partial charge in [0, 0.05) is 16.9 Å². The van der Waals surface area contributed by atoms with E-state index in [0.29, 0.717) is 16.2 Å². The van der Waals surface area contributed by atoms with Crippen molar-refractivity contribution in [1.82, 2.24) is 0 Å². The maximum atomic E-state index is 13.2. The molecule has 0 aliphatic rings. The van der Waals surface area contributed by atoms with E-state index in [1.807, 2.05) is 12.3 Å². The molecule has 0 fully saturated rings. The lowest BCUT2D eigenvalue weighted by Gasteiger charge is -2.16. The van der Waals surface area contributed by atoms with Crippen molar-refractivity contribution in [3.63, 3.8) is 0 Å². The predicted octanol–water partition coefficient (Wildman–Crippen LogP) is 4.85. The van der Waals surface area contributed by atoms with Crippen LogP contribution in [0.5, 0.6) is 5.75 Å². The molecular weight excluding hydrogens is 380 g/mol. The lowest BCUT2D eigenvalue weighted by Crippen LogP contribution is -2.17. The highest BCUT2D eigenvalue weighted by Crippen LogP contribution is 2.35. The molecule has 1 aromatic heterocycles. The molecule has 27 heavy (non-hydrogen) atoms. The van der Waals surface area contributed by atoms with Gasteiger partial charge in [-0.2, -0.15) is 0 Å². The first kappa shape index (κ1) is 19.3. The number of hydrogen-bond acceptors (Lipinski definition) is 5. The van der Waals surface area contributed by atoms with Gasteiger partial charge >= 0.3 is 0 Å². The number of aryl methyl sites for hydroxylation is 1. The molecule has 2 aromatic carbocycles. The standard InChI is InChI=1S/C21H20O4S2/c1-15-5-11-18(12-6-15)27(23,24)21(20-4-3-13-26-20)14-19(22)16-7-9-17(25-2)10-8-16/h3-13,21H,14H2,1-2H3/t21-/m1/s1. The van der Waals surface area contributed by atoms with Crippen molar-refractivity contribution in [1.29, 1.82) is 0 Å². The van der Waals surface area contributed by atoms with Gasteiger partial charge in [-0.3, -0.25) is 4.79 Å². The number of thiophene rings is 1. The Morgan fingerprint density at radius 1 is 1.04 bits per heavy atom. The molecule has 140 valence electrons. The minimum Gasteiger partial charge on any atom is -0.497 e. The van der Waals surface area contributed by atoms with E-state index in [0.717, 1.165) is 5.56 Å². The fraction of sp³-hybridized carbons (Fsp3) is 0.190. The Labute approximate surface area is 163 Å². The van der Waals surface area contributed by atoms with Crippen molar-refractivity contribution in [3.05, 3.63) is 82.0 Å². The first-order chi connectivity index (χ1) is 12.9.